The van der Waals surface area contributed by atoms with Crippen molar-refractivity contribution in [3.05, 3.63) is 18.2 Å². The molecule has 0 spiro atoms. The number of aromatic nitrogens is 2. The first-order valence-electron chi connectivity index (χ1n) is 3.71. The maximum absolute atomic E-state index is 5.67. The largest absolute Gasteiger partial charge is 0.370 e. The topological polar surface area (TPSA) is 63.9 Å². The Morgan fingerprint density at radius 1 is 1.73 bits per heavy atom. The Balaban J connectivity index is 2.08. The summed E-state index contributed by atoms with van der Waals surface area (Å²) in [5.41, 5.74) is 6.70. The lowest BCUT2D eigenvalue weighted by Crippen LogP contribution is -2.18. The summed E-state index contributed by atoms with van der Waals surface area (Å²) in [5, 5.41) is 0. The van der Waals surface area contributed by atoms with Gasteiger partial charge in [-0.15, -0.1) is 0 Å². The number of nitrogens with one attached hydrogen (secondary N) is 1. The van der Waals surface area contributed by atoms with Gasteiger partial charge in [-0.2, -0.15) is 0 Å². The van der Waals surface area contributed by atoms with Gasteiger partial charge in [0.25, 0.3) is 0 Å². The first-order chi connectivity index (χ1) is 5.36. The van der Waals surface area contributed by atoms with Crippen molar-refractivity contribution < 1.29 is 4.74 Å². The Kier molecular flexibility index (Phi) is 1.63. The number of imidazole rings is 1. The fraction of sp³-hybridized carbons (Fsp3) is 0.571. The number of nitrogens with two attached hydrogens (primary N) is 1. The zero-order chi connectivity index (χ0) is 7.68. The summed E-state index contributed by atoms with van der Waals surface area (Å²) in [4.78, 5) is 6.92. The van der Waals surface area contributed by atoms with Gasteiger partial charge in [0.15, 0.2) is 0 Å². The molecule has 0 radical (unpaired) electrons. The highest BCUT2D eigenvalue weighted by atomic mass is 16.5. The van der Waals surface area contributed by atoms with E-state index in [-0.39, 0.29) is 12.1 Å². The molecule has 0 saturated carbocycles. The molecular formula is C7H11N3O. The van der Waals surface area contributed by atoms with Gasteiger partial charge in [-0.25, -0.2) is 4.98 Å². The van der Waals surface area contributed by atoms with Crippen molar-refractivity contribution in [2.75, 3.05) is 6.61 Å². The molecule has 11 heavy (non-hydrogen) atoms. The van der Waals surface area contributed by atoms with Crippen molar-refractivity contribution in [2.45, 2.75) is 18.6 Å². The van der Waals surface area contributed by atoms with E-state index in [9.17, 15) is 0 Å². The van der Waals surface area contributed by atoms with Gasteiger partial charge in [-0.05, 0) is 6.42 Å². The minimum atomic E-state index is 0.132. The molecule has 1 saturated heterocycles. The molecule has 2 rings (SSSR count). The second kappa shape index (κ2) is 2.64. The van der Waals surface area contributed by atoms with Crippen LogP contribution in [0, 0.1) is 0 Å². The second-order valence-corrected chi connectivity index (χ2v) is 2.82. The molecule has 0 bridgehead atoms. The van der Waals surface area contributed by atoms with E-state index in [0.29, 0.717) is 6.61 Å². The SMILES string of the molecule is N[C@@H]1CO[C@@H](c2cnc[nH]2)C1. The Morgan fingerprint density at radius 2 is 2.64 bits per heavy atom. The maximum atomic E-state index is 5.67. The lowest BCUT2D eigenvalue weighted by atomic mass is 10.1. The van der Waals surface area contributed by atoms with Crippen LogP contribution in [-0.4, -0.2) is 22.6 Å². The number of aromatic amines is 1. The van der Waals surface area contributed by atoms with E-state index >= 15 is 0 Å². The first-order valence-corrected chi connectivity index (χ1v) is 3.71. The van der Waals surface area contributed by atoms with Crippen LogP contribution in [-0.2, 0) is 4.74 Å². The van der Waals surface area contributed by atoms with Crippen LogP contribution in [0.3, 0.4) is 0 Å². The highest BCUT2D eigenvalue weighted by Crippen LogP contribution is 2.25. The van der Waals surface area contributed by atoms with Gasteiger partial charge < -0.3 is 15.5 Å². The first kappa shape index (κ1) is 6.82. The van der Waals surface area contributed by atoms with Crippen molar-refractivity contribution in [1.82, 2.24) is 9.97 Å². The average Bonchev–Trinajstić information content (AvgIpc) is 2.55. The molecule has 0 aliphatic carbocycles. The number of hydrogen-bond donors (Lipinski definition) is 2. The molecule has 3 N–H and O–H groups in total. The summed E-state index contributed by atoms with van der Waals surface area (Å²) in [7, 11) is 0. The van der Waals surface area contributed by atoms with Crippen LogP contribution in [0.2, 0.25) is 0 Å². The van der Waals surface area contributed by atoms with Crippen LogP contribution < -0.4 is 5.73 Å². The molecule has 2 atom stereocenters. The molecule has 0 aromatic carbocycles. The van der Waals surface area contributed by atoms with E-state index < -0.39 is 0 Å². The number of nitrogens with zero attached hydrogens (tertiary/aromatic N) is 1. The van der Waals surface area contributed by atoms with Crippen molar-refractivity contribution in [3.8, 4) is 0 Å². The zero-order valence-corrected chi connectivity index (χ0v) is 6.16. The molecule has 4 heteroatoms. The Morgan fingerprint density at radius 3 is 3.18 bits per heavy atom. The van der Waals surface area contributed by atoms with Gasteiger partial charge in [-0.3, -0.25) is 0 Å². The average molecular weight is 153 g/mol. The Bertz CT molecular complexity index is 222. The maximum Gasteiger partial charge on any atom is 0.100 e. The van der Waals surface area contributed by atoms with Crippen molar-refractivity contribution in [2.24, 2.45) is 5.73 Å². The minimum Gasteiger partial charge on any atom is -0.370 e. The Hall–Kier alpha value is -0.870. The lowest BCUT2D eigenvalue weighted by Gasteiger charge is -2.04. The predicted molar refractivity (Wildman–Crippen MR) is 39.9 cm³/mol. The second-order valence-electron chi connectivity index (χ2n) is 2.82. The smallest absolute Gasteiger partial charge is 0.100 e. The van der Waals surface area contributed by atoms with Crippen LogP contribution in [0.1, 0.15) is 18.2 Å². The monoisotopic (exact) mass is 153 g/mol. The van der Waals surface area contributed by atoms with Crippen molar-refractivity contribution in [3.63, 3.8) is 0 Å². The molecule has 4 nitrogen and oxygen atoms in total. The predicted octanol–water partition coefficient (Wildman–Crippen LogP) is 0.198. The molecule has 1 aliphatic heterocycles. The highest BCUT2D eigenvalue weighted by molar-refractivity contribution is 5.02. The van der Waals surface area contributed by atoms with Crippen molar-refractivity contribution in [1.29, 1.82) is 0 Å². The molecule has 1 fully saturated rings. The van der Waals surface area contributed by atoms with Gasteiger partial charge in [0.2, 0.25) is 0 Å². The molecule has 0 amide bonds. The van der Waals surface area contributed by atoms with E-state index in [2.05, 4.69) is 9.97 Å². The summed E-state index contributed by atoms with van der Waals surface area (Å²) in [6.07, 6.45) is 4.46. The zero-order valence-electron chi connectivity index (χ0n) is 6.16. The molecule has 2 heterocycles. The van der Waals surface area contributed by atoms with Gasteiger partial charge in [-0.1, -0.05) is 0 Å². The van der Waals surface area contributed by atoms with Gasteiger partial charge in [0.1, 0.15) is 6.10 Å². The third kappa shape index (κ3) is 1.27. The summed E-state index contributed by atoms with van der Waals surface area (Å²) in [6, 6.07) is 0.184. The molecule has 0 unspecified atom stereocenters. The summed E-state index contributed by atoms with van der Waals surface area (Å²) in [5.74, 6) is 0. The number of H-pyrrole nitrogens is 1. The van der Waals surface area contributed by atoms with E-state index in [1.54, 1.807) is 12.5 Å². The van der Waals surface area contributed by atoms with Crippen LogP contribution >= 0.6 is 0 Å². The van der Waals surface area contributed by atoms with E-state index in [1.165, 1.54) is 0 Å². The Labute approximate surface area is 64.8 Å². The highest BCUT2D eigenvalue weighted by Gasteiger charge is 2.24. The van der Waals surface area contributed by atoms with E-state index in [4.69, 9.17) is 10.5 Å². The third-order valence-electron chi connectivity index (χ3n) is 1.89. The standard InChI is InChI=1S/C7H11N3O/c8-5-1-7(11-3-5)6-2-9-4-10-6/h2,4-5,7H,1,3,8H2,(H,9,10)/t5-,7+/m0/s1. The van der Waals surface area contributed by atoms with Gasteiger partial charge >= 0.3 is 0 Å². The molecule has 1 aromatic heterocycles. The van der Waals surface area contributed by atoms with Crippen LogP contribution in [0.4, 0.5) is 0 Å². The summed E-state index contributed by atoms with van der Waals surface area (Å²) >= 11 is 0. The van der Waals surface area contributed by atoms with Crippen molar-refractivity contribution >= 4 is 0 Å². The van der Waals surface area contributed by atoms with Gasteiger partial charge in [0, 0.05) is 6.04 Å². The number of rotatable bonds is 1. The van der Waals surface area contributed by atoms with E-state index in [1.807, 2.05) is 0 Å². The molecule has 60 valence electrons. The summed E-state index contributed by atoms with van der Waals surface area (Å²) < 4.78 is 5.41. The minimum absolute atomic E-state index is 0.132. The fourth-order valence-corrected chi connectivity index (χ4v) is 1.31. The van der Waals surface area contributed by atoms with Gasteiger partial charge in [0.05, 0.1) is 24.8 Å². The summed E-state index contributed by atoms with van der Waals surface area (Å²) in [6.45, 7) is 0.656. The van der Waals surface area contributed by atoms with Crippen LogP contribution in [0.15, 0.2) is 12.5 Å². The van der Waals surface area contributed by atoms with E-state index in [0.717, 1.165) is 12.1 Å². The lowest BCUT2D eigenvalue weighted by molar-refractivity contribution is 0.107. The van der Waals surface area contributed by atoms with Crippen LogP contribution in [0.25, 0.3) is 0 Å². The normalized spacial score (nSPS) is 31.0. The third-order valence-corrected chi connectivity index (χ3v) is 1.89. The fourth-order valence-electron chi connectivity index (χ4n) is 1.31. The molecular weight excluding hydrogens is 142 g/mol. The molecule has 1 aromatic rings. The number of ether oxygens (including phenoxy) is 1. The quantitative estimate of drug-likeness (QED) is 0.605. The van der Waals surface area contributed by atoms with Crippen LogP contribution in [0.5, 0.6) is 0 Å². The molecule has 1 aliphatic rings. The number of hydrogen-bond acceptors (Lipinski definition) is 3.